The van der Waals surface area contributed by atoms with Crippen LogP contribution >= 0.6 is 0 Å². The van der Waals surface area contributed by atoms with E-state index in [2.05, 4.69) is 0 Å². The lowest BCUT2D eigenvalue weighted by Gasteiger charge is -2.06. The van der Waals surface area contributed by atoms with Crippen LogP contribution in [0.2, 0.25) is 0 Å². The van der Waals surface area contributed by atoms with Gasteiger partial charge in [0.1, 0.15) is 35.6 Å². The standard InChI is InChI=1S/C16H10O6/c1-2-3-4-12(7-18)14(9-20)16(11-22)15(10-21)13(8-19)5-6-17/h5H,2-4H2,1H3. The van der Waals surface area contributed by atoms with Crippen LogP contribution in [-0.4, -0.2) is 35.6 Å². The van der Waals surface area contributed by atoms with Crippen LogP contribution in [0.25, 0.3) is 0 Å². The molecule has 0 radical (unpaired) electrons. The van der Waals surface area contributed by atoms with Crippen molar-refractivity contribution in [2.45, 2.75) is 26.2 Å². The van der Waals surface area contributed by atoms with Gasteiger partial charge in [-0.3, -0.25) is 0 Å². The van der Waals surface area contributed by atoms with Gasteiger partial charge >= 0.3 is 0 Å². The fourth-order valence-corrected chi connectivity index (χ4v) is 1.52. The van der Waals surface area contributed by atoms with E-state index >= 15 is 0 Å². The van der Waals surface area contributed by atoms with Gasteiger partial charge in [0, 0.05) is 6.08 Å². The van der Waals surface area contributed by atoms with Crippen molar-refractivity contribution >= 4 is 35.6 Å². The summed E-state index contributed by atoms with van der Waals surface area (Å²) in [6, 6.07) is 0. The first-order valence-corrected chi connectivity index (χ1v) is 6.11. The average Bonchev–Trinajstić information content (AvgIpc) is 2.55. The van der Waals surface area contributed by atoms with Crippen molar-refractivity contribution < 1.29 is 28.8 Å². The summed E-state index contributed by atoms with van der Waals surface area (Å²) in [7, 11) is 0. The highest BCUT2D eigenvalue weighted by atomic mass is 16.1. The highest BCUT2D eigenvalue weighted by molar-refractivity contribution is 5.95. The predicted molar refractivity (Wildman–Crippen MR) is 75.8 cm³/mol. The molecular formula is C16H10O6. The smallest absolute Gasteiger partial charge is 0.135 e. The maximum absolute atomic E-state index is 11.1. The van der Waals surface area contributed by atoms with Crippen LogP contribution in [0, 0.1) is 0 Å². The number of hydrogen-bond donors (Lipinski definition) is 0. The van der Waals surface area contributed by atoms with Crippen LogP contribution in [0.5, 0.6) is 0 Å². The first-order chi connectivity index (χ1) is 10.6. The van der Waals surface area contributed by atoms with Crippen molar-refractivity contribution in [3.05, 3.63) is 33.9 Å². The fourth-order valence-electron chi connectivity index (χ4n) is 1.52. The number of allylic oxidation sites excluding steroid dienone is 6. The van der Waals surface area contributed by atoms with Crippen LogP contribution in [0.3, 0.4) is 0 Å². The van der Waals surface area contributed by atoms with E-state index in [1.54, 1.807) is 0 Å². The zero-order chi connectivity index (χ0) is 17.0. The Morgan fingerprint density at radius 3 is 1.73 bits per heavy atom. The lowest BCUT2D eigenvalue weighted by molar-refractivity contribution is 0.560. The zero-order valence-electron chi connectivity index (χ0n) is 11.6. The Hall–Kier alpha value is -3.30. The molecule has 0 atom stereocenters. The molecule has 0 fully saturated rings. The molecular weight excluding hydrogens is 288 g/mol. The molecule has 0 aliphatic heterocycles. The van der Waals surface area contributed by atoms with Gasteiger partial charge in [-0.15, -0.1) is 0 Å². The lowest BCUT2D eigenvalue weighted by atomic mass is 9.90. The summed E-state index contributed by atoms with van der Waals surface area (Å²) >= 11 is 0. The van der Waals surface area contributed by atoms with Crippen molar-refractivity contribution in [3.63, 3.8) is 0 Å². The first kappa shape index (κ1) is 18.7. The Balaban J connectivity index is 6.16. The molecule has 110 valence electrons. The molecule has 22 heavy (non-hydrogen) atoms. The van der Waals surface area contributed by atoms with Crippen LogP contribution < -0.4 is 0 Å². The van der Waals surface area contributed by atoms with Gasteiger partial charge in [-0.1, -0.05) is 13.3 Å². The van der Waals surface area contributed by atoms with Crippen molar-refractivity contribution in [3.8, 4) is 0 Å². The van der Waals surface area contributed by atoms with E-state index in [0.29, 0.717) is 18.9 Å². The Labute approximate surface area is 125 Å². The van der Waals surface area contributed by atoms with Crippen molar-refractivity contribution in [2.75, 3.05) is 0 Å². The first-order valence-electron chi connectivity index (χ1n) is 6.11. The van der Waals surface area contributed by atoms with Gasteiger partial charge < -0.3 is 0 Å². The SMILES string of the molecule is CCCCC(=C=O)C(=C=O)C(=C=O)C(=C=O)C(=C=O)C=C=O. The van der Waals surface area contributed by atoms with Crippen LogP contribution in [0.1, 0.15) is 26.2 Å². The molecule has 0 aliphatic carbocycles. The summed E-state index contributed by atoms with van der Waals surface area (Å²) in [6.07, 6.45) is 1.88. The molecule has 0 N–H and O–H groups in total. The maximum atomic E-state index is 11.1. The second-order valence-electron chi connectivity index (χ2n) is 3.89. The molecule has 0 saturated carbocycles. The predicted octanol–water partition coefficient (Wildman–Crippen LogP) is 0.354. The molecule has 0 spiro atoms. The molecule has 6 heteroatoms. The Morgan fingerprint density at radius 1 is 0.773 bits per heavy atom. The normalized spacial score (nSPS) is 7.86. The highest BCUT2D eigenvalue weighted by Gasteiger charge is 2.22. The minimum absolute atomic E-state index is 0.117. The number of unbranched alkanes of at least 4 members (excludes halogenated alkanes) is 1. The minimum Gasteiger partial charge on any atom is -0.233 e. The molecule has 0 unspecified atom stereocenters. The third kappa shape index (κ3) is 4.67. The molecule has 0 saturated heterocycles. The van der Waals surface area contributed by atoms with Gasteiger partial charge in [0.05, 0.1) is 27.9 Å². The second kappa shape index (κ2) is 10.5. The average molecular weight is 298 g/mol. The van der Waals surface area contributed by atoms with E-state index in [4.69, 9.17) is 0 Å². The minimum atomic E-state index is -0.726. The largest absolute Gasteiger partial charge is 0.233 e. The van der Waals surface area contributed by atoms with E-state index in [1.165, 1.54) is 35.6 Å². The maximum Gasteiger partial charge on any atom is 0.135 e. The van der Waals surface area contributed by atoms with Gasteiger partial charge in [-0.2, -0.15) is 0 Å². The number of rotatable bonds is 8. The molecule has 0 bridgehead atoms. The molecule has 0 aromatic heterocycles. The number of hydrogen-bond acceptors (Lipinski definition) is 6. The third-order valence-electron chi connectivity index (χ3n) is 2.59. The topological polar surface area (TPSA) is 102 Å². The zero-order valence-corrected chi connectivity index (χ0v) is 11.6. The lowest BCUT2D eigenvalue weighted by Crippen LogP contribution is -2.04. The summed E-state index contributed by atoms with van der Waals surface area (Å²) in [5.41, 5.74) is -2.82. The monoisotopic (exact) mass is 298 g/mol. The third-order valence-corrected chi connectivity index (χ3v) is 2.59. The van der Waals surface area contributed by atoms with Gasteiger partial charge in [0.25, 0.3) is 0 Å². The number of carbonyl (C=O) groups excluding carboxylic acids is 6. The van der Waals surface area contributed by atoms with Gasteiger partial charge in [0.2, 0.25) is 0 Å². The van der Waals surface area contributed by atoms with E-state index in [-0.39, 0.29) is 12.0 Å². The summed E-state index contributed by atoms with van der Waals surface area (Å²) in [5.74, 6) is 7.88. The molecule has 6 nitrogen and oxygen atoms in total. The van der Waals surface area contributed by atoms with Crippen molar-refractivity contribution in [2.24, 2.45) is 0 Å². The molecule has 0 amide bonds. The van der Waals surface area contributed by atoms with Gasteiger partial charge in [-0.05, 0) is 12.8 Å². The Kier molecular flexibility index (Phi) is 8.91. The quantitative estimate of drug-likeness (QED) is 0.473. The highest BCUT2D eigenvalue weighted by Crippen LogP contribution is 2.25. The Bertz CT molecular complexity index is 746. The molecule has 0 aromatic rings. The van der Waals surface area contributed by atoms with E-state index < -0.39 is 22.3 Å². The van der Waals surface area contributed by atoms with E-state index in [1.807, 2.05) is 6.92 Å². The molecule has 0 aromatic carbocycles. The van der Waals surface area contributed by atoms with Crippen molar-refractivity contribution in [1.82, 2.24) is 0 Å². The van der Waals surface area contributed by atoms with Crippen LogP contribution in [0.15, 0.2) is 33.9 Å². The summed E-state index contributed by atoms with van der Waals surface area (Å²) in [4.78, 5) is 65.1. The van der Waals surface area contributed by atoms with Gasteiger partial charge in [0.15, 0.2) is 0 Å². The summed E-state index contributed by atoms with van der Waals surface area (Å²) in [6.45, 7) is 1.84. The molecule has 0 rings (SSSR count). The summed E-state index contributed by atoms with van der Waals surface area (Å²) < 4.78 is 0. The molecule has 0 heterocycles. The van der Waals surface area contributed by atoms with Crippen LogP contribution in [-0.2, 0) is 28.8 Å². The Morgan fingerprint density at radius 2 is 1.36 bits per heavy atom. The summed E-state index contributed by atoms with van der Waals surface area (Å²) in [5, 5.41) is 0. The molecule has 0 aliphatic rings. The van der Waals surface area contributed by atoms with E-state index in [9.17, 15) is 28.8 Å². The van der Waals surface area contributed by atoms with E-state index in [0.717, 1.165) is 0 Å². The van der Waals surface area contributed by atoms with Crippen LogP contribution in [0.4, 0.5) is 0 Å². The van der Waals surface area contributed by atoms with Crippen molar-refractivity contribution in [1.29, 1.82) is 0 Å². The fraction of sp³-hybridized carbons (Fsp3) is 0.250. The van der Waals surface area contributed by atoms with Gasteiger partial charge in [-0.25, -0.2) is 28.8 Å². The second-order valence-corrected chi connectivity index (χ2v) is 3.89.